The maximum absolute atomic E-state index is 6.05. The maximum Gasteiger partial charge on any atom is 0.137 e. The Morgan fingerprint density at radius 3 is 2.25 bits per heavy atom. The number of nitrogens with two attached hydrogens (primary N) is 1. The van der Waals surface area contributed by atoms with Crippen LogP contribution in [0.5, 0.6) is 0 Å². The van der Waals surface area contributed by atoms with Gasteiger partial charge < -0.3 is 10.6 Å². The molecule has 0 amide bonds. The van der Waals surface area contributed by atoms with E-state index in [1.165, 1.54) is 11.1 Å². The summed E-state index contributed by atoms with van der Waals surface area (Å²) in [5.74, 6) is 2.66. The Morgan fingerprint density at radius 1 is 1.10 bits per heavy atom. The molecule has 0 atom stereocenters. The SMILES string of the molecule is Cc1c(N)nc(C(C)C)nc1N1Cc2ccccc2C1. The lowest BCUT2D eigenvalue weighted by atomic mass is 10.1. The molecule has 4 nitrogen and oxygen atoms in total. The molecular weight excluding hydrogens is 248 g/mol. The van der Waals surface area contributed by atoms with Crippen molar-refractivity contribution in [3.05, 3.63) is 46.8 Å². The van der Waals surface area contributed by atoms with E-state index in [-0.39, 0.29) is 5.92 Å². The second kappa shape index (κ2) is 4.78. The molecule has 0 spiro atoms. The van der Waals surface area contributed by atoms with Crippen LogP contribution in [0.15, 0.2) is 24.3 Å². The summed E-state index contributed by atoms with van der Waals surface area (Å²) in [4.78, 5) is 11.4. The highest BCUT2D eigenvalue weighted by Crippen LogP contribution is 2.31. The van der Waals surface area contributed by atoms with Crippen molar-refractivity contribution >= 4 is 11.6 Å². The van der Waals surface area contributed by atoms with E-state index in [1.54, 1.807) is 0 Å². The minimum absolute atomic E-state index is 0.279. The van der Waals surface area contributed by atoms with E-state index in [9.17, 15) is 0 Å². The monoisotopic (exact) mass is 268 g/mol. The first-order chi connectivity index (χ1) is 9.56. The minimum atomic E-state index is 0.279. The fourth-order valence-corrected chi connectivity index (χ4v) is 2.59. The molecule has 2 heterocycles. The van der Waals surface area contributed by atoms with Crippen LogP contribution in [0, 0.1) is 6.92 Å². The minimum Gasteiger partial charge on any atom is -0.383 e. The van der Waals surface area contributed by atoms with Crippen LogP contribution in [-0.2, 0) is 13.1 Å². The van der Waals surface area contributed by atoms with E-state index >= 15 is 0 Å². The standard InChI is InChI=1S/C16H20N4/c1-10(2)15-18-14(17)11(3)16(19-15)20-8-12-6-4-5-7-13(12)9-20/h4-7,10H,8-9H2,1-3H3,(H2,17,18,19). The van der Waals surface area contributed by atoms with Gasteiger partial charge in [-0.2, -0.15) is 0 Å². The number of nitrogens with zero attached hydrogens (tertiary/aromatic N) is 3. The molecule has 1 aliphatic heterocycles. The van der Waals surface area contributed by atoms with Gasteiger partial charge in [0.2, 0.25) is 0 Å². The second-order valence-corrected chi connectivity index (χ2v) is 5.70. The first-order valence-corrected chi connectivity index (χ1v) is 7.02. The number of rotatable bonds is 2. The Hall–Kier alpha value is -2.10. The largest absolute Gasteiger partial charge is 0.383 e. The first-order valence-electron chi connectivity index (χ1n) is 7.02. The van der Waals surface area contributed by atoms with Gasteiger partial charge in [-0.05, 0) is 18.1 Å². The van der Waals surface area contributed by atoms with Gasteiger partial charge in [-0.1, -0.05) is 38.1 Å². The summed E-state index contributed by atoms with van der Waals surface area (Å²) in [6, 6.07) is 8.53. The summed E-state index contributed by atoms with van der Waals surface area (Å²) < 4.78 is 0. The molecule has 104 valence electrons. The van der Waals surface area contributed by atoms with E-state index in [0.29, 0.717) is 5.82 Å². The fraction of sp³-hybridized carbons (Fsp3) is 0.375. The molecular formula is C16H20N4. The molecule has 0 saturated heterocycles. The van der Waals surface area contributed by atoms with Gasteiger partial charge in [0.1, 0.15) is 17.5 Å². The molecule has 3 rings (SSSR count). The summed E-state index contributed by atoms with van der Waals surface area (Å²) in [6.45, 7) is 7.97. The Balaban J connectivity index is 2.00. The zero-order valence-electron chi connectivity index (χ0n) is 12.2. The van der Waals surface area contributed by atoms with Crippen molar-refractivity contribution < 1.29 is 0 Å². The van der Waals surface area contributed by atoms with Gasteiger partial charge in [-0.25, -0.2) is 9.97 Å². The van der Waals surface area contributed by atoms with Gasteiger partial charge in [0.15, 0.2) is 0 Å². The average molecular weight is 268 g/mol. The number of fused-ring (bicyclic) bond motifs is 1. The highest BCUT2D eigenvalue weighted by molar-refractivity contribution is 5.59. The normalized spacial score (nSPS) is 13.9. The van der Waals surface area contributed by atoms with Crippen molar-refractivity contribution in [1.29, 1.82) is 0 Å². The average Bonchev–Trinajstić information content (AvgIpc) is 2.84. The van der Waals surface area contributed by atoms with Crippen LogP contribution in [0.4, 0.5) is 11.6 Å². The number of anilines is 2. The topological polar surface area (TPSA) is 55.0 Å². The Labute approximate surface area is 119 Å². The van der Waals surface area contributed by atoms with Gasteiger partial charge in [0.25, 0.3) is 0 Å². The van der Waals surface area contributed by atoms with Crippen LogP contribution in [0.2, 0.25) is 0 Å². The molecule has 0 fully saturated rings. The number of nitrogen functional groups attached to an aromatic ring is 1. The molecule has 1 aliphatic rings. The third kappa shape index (κ3) is 2.11. The lowest BCUT2D eigenvalue weighted by molar-refractivity contribution is 0.754. The van der Waals surface area contributed by atoms with Crippen LogP contribution in [0.25, 0.3) is 0 Å². The van der Waals surface area contributed by atoms with Crippen LogP contribution in [0.1, 0.15) is 42.3 Å². The molecule has 0 aliphatic carbocycles. The molecule has 1 aromatic carbocycles. The molecule has 20 heavy (non-hydrogen) atoms. The Morgan fingerprint density at radius 2 is 1.70 bits per heavy atom. The number of benzene rings is 1. The van der Waals surface area contributed by atoms with E-state index in [4.69, 9.17) is 10.7 Å². The van der Waals surface area contributed by atoms with Crippen molar-refractivity contribution in [3.8, 4) is 0 Å². The van der Waals surface area contributed by atoms with E-state index < -0.39 is 0 Å². The molecule has 2 aromatic rings. The van der Waals surface area contributed by atoms with Gasteiger partial charge in [-0.15, -0.1) is 0 Å². The predicted octanol–water partition coefficient (Wildman–Crippen LogP) is 3.01. The molecule has 0 bridgehead atoms. The molecule has 1 aromatic heterocycles. The summed E-state index contributed by atoms with van der Waals surface area (Å²) in [6.07, 6.45) is 0. The number of aromatic nitrogens is 2. The smallest absolute Gasteiger partial charge is 0.137 e. The van der Waals surface area contributed by atoms with Crippen LogP contribution in [-0.4, -0.2) is 9.97 Å². The van der Waals surface area contributed by atoms with Crippen LogP contribution < -0.4 is 10.6 Å². The van der Waals surface area contributed by atoms with E-state index in [1.807, 2.05) is 6.92 Å². The predicted molar refractivity (Wildman–Crippen MR) is 81.6 cm³/mol. The van der Waals surface area contributed by atoms with Crippen molar-refractivity contribution in [2.24, 2.45) is 0 Å². The fourth-order valence-electron chi connectivity index (χ4n) is 2.59. The third-order valence-electron chi connectivity index (χ3n) is 3.83. The summed E-state index contributed by atoms with van der Waals surface area (Å²) in [7, 11) is 0. The highest BCUT2D eigenvalue weighted by atomic mass is 15.2. The second-order valence-electron chi connectivity index (χ2n) is 5.70. The van der Waals surface area contributed by atoms with Gasteiger partial charge >= 0.3 is 0 Å². The zero-order valence-corrected chi connectivity index (χ0v) is 12.2. The Kier molecular flexibility index (Phi) is 3.08. The molecule has 4 heteroatoms. The molecule has 2 N–H and O–H groups in total. The first kappa shape index (κ1) is 12.9. The number of hydrogen-bond acceptors (Lipinski definition) is 4. The van der Waals surface area contributed by atoms with Gasteiger partial charge in [0, 0.05) is 24.6 Å². The quantitative estimate of drug-likeness (QED) is 0.909. The third-order valence-corrected chi connectivity index (χ3v) is 3.83. The summed E-state index contributed by atoms with van der Waals surface area (Å²) >= 11 is 0. The van der Waals surface area contributed by atoms with Crippen LogP contribution in [0.3, 0.4) is 0 Å². The molecule has 0 unspecified atom stereocenters. The lowest BCUT2D eigenvalue weighted by Crippen LogP contribution is -2.20. The molecule has 0 radical (unpaired) electrons. The molecule has 0 saturated carbocycles. The number of hydrogen-bond donors (Lipinski definition) is 1. The van der Waals surface area contributed by atoms with Crippen molar-refractivity contribution in [3.63, 3.8) is 0 Å². The zero-order chi connectivity index (χ0) is 14.3. The lowest BCUT2D eigenvalue weighted by Gasteiger charge is -2.21. The summed E-state index contributed by atoms with van der Waals surface area (Å²) in [5.41, 5.74) is 9.77. The van der Waals surface area contributed by atoms with Crippen molar-refractivity contribution in [1.82, 2.24) is 9.97 Å². The van der Waals surface area contributed by atoms with Crippen LogP contribution >= 0.6 is 0 Å². The van der Waals surface area contributed by atoms with Crippen molar-refractivity contribution in [2.45, 2.75) is 39.8 Å². The van der Waals surface area contributed by atoms with Gasteiger partial charge in [-0.3, -0.25) is 0 Å². The Bertz CT molecular complexity index is 624. The highest BCUT2D eigenvalue weighted by Gasteiger charge is 2.23. The van der Waals surface area contributed by atoms with Gasteiger partial charge in [0.05, 0.1) is 0 Å². The van der Waals surface area contributed by atoms with E-state index in [2.05, 4.69) is 48.0 Å². The van der Waals surface area contributed by atoms with Crippen molar-refractivity contribution in [2.75, 3.05) is 10.6 Å². The summed E-state index contributed by atoms with van der Waals surface area (Å²) in [5, 5.41) is 0. The maximum atomic E-state index is 6.05. The van der Waals surface area contributed by atoms with E-state index in [0.717, 1.165) is 30.3 Å².